The lowest BCUT2D eigenvalue weighted by Gasteiger charge is -2.30. The van der Waals surface area contributed by atoms with Gasteiger partial charge in [0, 0.05) is 27.9 Å². The van der Waals surface area contributed by atoms with Gasteiger partial charge in [0.15, 0.2) is 0 Å². The third kappa shape index (κ3) is 3.00. The SMILES string of the molecule is Fc1cccc(C(CBr)(CBr)Cc2cscn2)c1. The van der Waals surface area contributed by atoms with Crippen LogP contribution in [0.3, 0.4) is 0 Å². The van der Waals surface area contributed by atoms with Crippen LogP contribution < -0.4 is 0 Å². The molecule has 0 amide bonds. The molecule has 2 rings (SSSR count). The van der Waals surface area contributed by atoms with Crippen LogP contribution in [-0.4, -0.2) is 15.6 Å². The van der Waals surface area contributed by atoms with Crippen molar-refractivity contribution in [3.05, 3.63) is 52.2 Å². The van der Waals surface area contributed by atoms with Crippen molar-refractivity contribution in [2.45, 2.75) is 11.8 Å². The third-order valence-corrected chi connectivity index (χ3v) is 5.73. The molecule has 0 spiro atoms. The second kappa shape index (κ2) is 6.26. The van der Waals surface area contributed by atoms with E-state index in [2.05, 4.69) is 36.8 Å². The summed E-state index contributed by atoms with van der Waals surface area (Å²) in [6.07, 6.45) is 0.788. The summed E-state index contributed by atoms with van der Waals surface area (Å²) in [6.45, 7) is 0. The van der Waals surface area contributed by atoms with E-state index in [9.17, 15) is 4.39 Å². The molecule has 0 aliphatic rings. The highest BCUT2D eigenvalue weighted by molar-refractivity contribution is 9.09. The summed E-state index contributed by atoms with van der Waals surface area (Å²) >= 11 is 8.71. The molecular weight excluding hydrogens is 381 g/mol. The topological polar surface area (TPSA) is 12.9 Å². The molecule has 0 saturated heterocycles. The number of hydrogen-bond acceptors (Lipinski definition) is 2. The largest absolute Gasteiger partial charge is 0.250 e. The van der Waals surface area contributed by atoms with Crippen LogP contribution in [0.2, 0.25) is 0 Å². The Hall–Kier alpha value is -0.260. The van der Waals surface area contributed by atoms with Gasteiger partial charge in [-0.3, -0.25) is 0 Å². The summed E-state index contributed by atoms with van der Waals surface area (Å²) in [6, 6.07) is 6.80. The molecule has 0 saturated carbocycles. The minimum atomic E-state index is -0.197. The van der Waals surface area contributed by atoms with Gasteiger partial charge in [0.25, 0.3) is 0 Å². The van der Waals surface area contributed by atoms with Crippen LogP contribution in [0.25, 0.3) is 0 Å². The number of rotatable bonds is 5. The van der Waals surface area contributed by atoms with Gasteiger partial charge in [0.1, 0.15) is 5.82 Å². The number of thiazole rings is 1. The molecule has 0 aliphatic heterocycles. The van der Waals surface area contributed by atoms with Crippen molar-refractivity contribution >= 4 is 43.2 Å². The molecule has 0 aliphatic carbocycles. The fourth-order valence-corrected chi connectivity index (χ4v) is 4.41. The quantitative estimate of drug-likeness (QED) is 0.680. The molecular formula is C13H12Br2FNS. The molecule has 1 aromatic carbocycles. The number of halogens is 3. The number of hydrogen-bond donors (Lipinski definition) is 0. The Bertz CT molecular complexity index is 497. The van der Waals surface area contributed by atoms with Gasteiger partial charge in [-0.15, -0.1) is 11.3 Å². The Kier molecular flexibility index (Phi) is 4.92. The normalized spacial score (nSPS) is 11.7. The molecule has 96 valence electrons. The van der Waals surface area contributed by atoms with Gasteiger partial charge in [0.2, 0.25) is 0 Å². The average molecular weight is 393 g/mol. The predicted molar refractivity (Wildman–Crippen MR) is 81.5 cm³/mol. The zero-order valence-corrected chi connectivity index (χ0v) is 13.6. The summed E-state index contributed by atoms with van der Waals surface area (Å²) in [4.78, 5) is 4.33. The minimum absolute atomic E-state index is 0.170. The smallest absolute Gasteiger partial charge is 0.123 e. The second-order valence-corrected chi connectivity index (χ2v) is 6.05. The molecule has 0 fully saturated rings. The first-order valence-electron chi connectivity index (χ1n) is 5.45. The lowest BCUT2D eigenvalue weighted by molar-refractivity contribution is 0.536. The Labute approximate surface area is 127 Å². The highest BCUT2D eigenvalue weighted by atomic mass is 79.9. The van der Waals surface area contributed by atoms with Crippen LogP contribution in [0.1, 0.15) is 11.3 Å². The summed E-state index contributed by atoms with van der Waals surface area (Å²) in [7, 11) is 0. The van der Waals surface area contributed by atoms with Gasteiger partial charge in [-0.05, 0) is 17.7 Å². The van der Waals surface area contributed by atoms with Crippen molar-refractivity contribution in [2.75, 3.05) is 10.7 Å². The van der Waals surface area contributed by atoms with E-state index >= 15 is 0 Å². The van der Waals surface area contributed by atoms with E-state index in [1.165, 1.54) is 6.07 Å². The van der Waals surface area contributed by atoms with E-state index in [0.29, 0.717) is 0 Å². The van der Waals surface area contributed by atoms with Gasteiger partial charge in [0.05, 0.1) is 11.2 Å². The highest BCUT2D eigenvalue weighted by Crippen LogP contribution is 2.33. The minimum Gasteiger partial charge on any atom is -0.250 e. The molecule has 0 bridgehead atoms. The monoisotopic (exact) mass is 391 g/mol. The average Bonchev–Trinajstić information content (AvgIpc) is 2.89. The van der Waals surface area contributed by atoms with E-state index in [4.69, 9.17) is 0 Å². The molecule has 2 aromatic rings. The zero-order valence-electron chi connectivity index (χ0n) is 9.57. The van der Waals surface area contributed by atoms with Crippen LogP contribution in [0.5, 0.6) is 0 Å². The van der Waals surface area contributed by atoms with E-state index in [1.54, 1.807) is 23.5 Å². The molecule has 1 heterocycles. The Morgan fingerprint density at radius 2 is 2.06 bits per heavy atom. The maximum Gasteiger partial charge on any atom is 0.123 e. The molecule has 1 aromatic heterocycles. The first-order chi connectivity index (χ1) is 8.70. The van der Waals surface area contributed by atoms with E-state index in [0.717, 1.165) is 28.3 Å². The lowest BCUT2D eigenvalue weighted by Crippen LogP contribution is -2.33. The molecule has 0 N–H and O–H groups in total. The van der Waals surface area contributed by atoms with Gasteiger partial charge in [-0.25, -0.2) is 9.37 Å². The van der Waals surface area contributed by atoms with Crippen molar-refractivity contribution in [1.29, 1.82) is 0 Å². The van der Waals surface area contributed by atoms with Crippen LogP contribution >= 0.6 is 43.2 Å². The summed E-state index contributed by atoms with van der Waals surface area (Å²) in [5.74, 6) is -0.197. The van der Waals surface area contributed by atoms with Crippen LogP contribution in [0.15, 0.2) is 35.2 Å². The lowest BCUT2D eigenvalue weighted by atomic mass is 9.80. The van der Waals surface area contributed by atoms with E-state index < -0.39 is 0 Å². The Balaban J connectivity index is 2.37. The van der Waals surface area contributed by atoms with Crippen molar-refractivity contribution < 1.29 is 4.39 Å². The van der Waals surface area contributed by atoms with E-state index in [-0.39, 0.29) is 11.2 Å². The zero-order chi connectivity index (χ0) is 13.0. The first kappa shape index (κ1) is 14.2. The summed E-state index contributed by atoms with van der Waals surface area (Å²) < 4.78 is 13.4. The summed E-state index contributed by atoms with van der Waals surface area (Å²) in [5.41, 5.74) is 3.69. The molecule has 0 unspecified atom stereocenters. The van der Waals surface area contributed by atoms with Gasteiger partial charge in [-0.1, -0.05) is 44.0 Å². The molecule has 18 heavy (non-hydrogen) atoms. The highest BCUT2D eigenvalue weighted by Gasteiger charge is 2.31. The fourth-order valence-electron chi connectivity index (χ4n) is 1.88. The van der Waals surface area contributed by atoms with Crippen LogP contribution in [0, 0.1) is 5.82 Å². The van der Waals surface area contributed by atoms with Crippen molar-refractivity contribution in [2.24, 2.45) is 0 Å². The predicted octanol–water partition coefficient (Wildman–Crippen LogP) is 4.55. The third-order valence-electron chi connectivity index (χ3n) is 2.95. The standard InChI is InChI=1S/C13H12Br2FNS/c14-7-13(8-15,5-12-6-18-9-17-12)10-2-1-3-11(16)4-10/h1-4,6,9H,5,7-8H2. The first-order valence-corrected chi connectivity index (χ1v) is 8.64. The molecule has 5 heteroatoms. The number of alkyl halides is 2. The number of nitrogens with zero attached hydrogens (tertiary/aromatic N) is 1. The molecule has 0 atom stereocenters. The second-order valence-electron chi connectivity index (χ2n) is 4.21. The van der Waals surface area contributed by atoms with Gasteiger partial charge in [-0.2, -0.15) is 0 Å². The number of aromatic nitrogens is 1. The van der Waals surface area contributed by atoms with Crippen LogP contribution in [-0.2, 0) is 11.8 Å². The molecule has 0 radical (unpaired) electrons. The van der Waals surface area contributed by atoms with E-state index in [1.807, 2.05) is 17.0 Å². The van der Waals surface area contributed by atoms with Crippen LogP contribution in [0.4, 0.5) is 4.39 Å². The maximum absolute atomic E-state index is 13.4. The van der Waals surface area contributed by atoms with Gasteiger partial charge >= 0.3 is 0 Å². The number of benzene rings is 1. The molecule has 1 nitrogen and oxygen atoms in total. The Morgan fingerprint density at radius 1 is 1.28 bits per heavy atom. The fraction of sp³-hybridized carbons (Fsp3) is 0.308. The van der Waals surface area contributed by atoms with Crippen molar-refractivity contribution in [1.82, 2.24) is 4.98 Å². The van der Waals surface area contributed by atoms with Crippen molar-refractivity contribution in [3.8, 4) is 0 Å². The van der Waals surface area contributed by atoms with Gasteiger partial charge < -0.3 is 0 Å². The summed E-state index contributed by atoms with van der Waals surface area (Å²) in [5, 5.41) is 3.55. The Morgan fingerprint density at radius 3 is 2.61 bits per heavy atom. The van der Waals surface area contributed by atoms with Crippen molar-refractivity contribution in [3.63, 3.8) is 0 Å². The maximum atomic E-state index is 13.4.